The number of carbonyl (C=O) groups is 2. The zero-order valence-electron chi connectivity index (χ0n) is 18.8. The van der Waals surface area contributed by atoms with Crippen molar-refractivity contribution in [1.29, 1.82) is 0 Å². The summed E-state index contributed by atoms with van der Waals surface area (Å²) in [6.07, 6.45) is -3.95. The number of primary amides is 1. The van der Waals surface area contributed by atoms with Crippen LogP contribution in [0, 0.1) is 0 Å². The molecule has 0 bridgehead atoms. The third kappa shape index (κ3) is 5.18. The zero-order valence-corrected chi connectivity index (χ0v) is 18.8. The van der Waals surface area contributed by atoms with Gasteiger partial charge in [-0.25, -0.2) is 4.98 Å². The predicted molar refractivity (Wildman–Crippen MR) is 124 cm³/mol. The van der Waals surface area contributed by atoms with Crippen LogP contribution in [0.1, 0.15) is 34.1 Å². The van der Waals surface area contributed by atoms with E-state index in [-0.39, 0.29) is 17.2 Å². The van der Waals surface area contributed by atoms with Crippen LogP contribution in [0.3, 0.4) is 0 Å². The number of nitrogens with two attached hydrogens (primary N) is 1. The standard InChI is InChI=1S/C24H23F3N6O2/c1-14(29-13-34)30-21-11-20(22(28)35)31-23(32-21)33-10-9-16-15(12-33)5-4-7-17(16)18-6-2-3-8-19(18)24(25,26)27/h2-8,11,13-14H,9-10,12H2,1H3,(H2,28,35)(H,29,34)(H,30,31,32)/t14-/m0/s1. The second kappa shape index (κ2) is 9.61. The first kappa shape index (κ1) is 24.0. The number of rotatable bonds is 7. The molecule has 1 aliphatic rings. The summed E-state index contributed by atoms with van der Waals surface area (Å²) in [6.45, 7) is 2.45. The molecule has 2 aromatic carbocycles. The maximum atomic E-state index is 13.6. The first-order valence-corrected chi connectivity index (χ1v) is 10.8. The quantitative estimate of drug-likeness (QED) is 0.350. The maximum absolute atomic E-state index is 13.6. The van der Waals surface area contributed by atoms with Gasteiger partial charge in [0.05, 0.1) is 11.7 Å². The van der Waals surface area contributed by atoms with Gasteiger partial charge in [0.2, 0.25) is 12.4 Å². The Morgan fingerprint density at radius 3 is 2.60 bits per heavy atom. The van der Waals surface area contributed by atoms with E-state index in [9.17, 15) is 22.8 Å². The summed E-state index contributed by atoms with van der Waals surface area (Å²) in [5.74, 6) is -0.200. The molecule has 0 aliphatic carbocycles. The lowest BCUT2D eigenvalue weighted by atomic mass is 9.88. The van der Waals surface area contributed by atoms with Gasteiger partial charge < -0.3 is 21.3 Å². The Morgan fingerprint density at radius 1 is 1.14 bits per heavy atom. The lowest BCUT2D eigenvalue weighted by molar-refractivity contribution is -0.137. The molecule has 2 amide bonds. The van der Waals surface area contributed by atoms with Gasteiger partial charge in [-0.2, -0.15) is 18.2 Å². The van der Waals surface area contributed by atoms with Crippen molar-refractivity contribution in [3.63, 3.8) is 0 Å². The van der Waals surface area contributed by atoms with Crippen molar-refractivity contribution in [2.24, 2.45) is 5.73 Å². The minimum atomic E-state index is -4.47. The smallest absolute Gasteiger partial charge is 0.364 e. The van der Waals surface area contributed by atoms with Gasteiger partial charge in [-0.05, 0) is 41.7 Å². The summed E-state index contributed by atoms with van der Waals surface area (Å²) in [5, 5.41) is 5.48. The van der Waals surface area contributed by atoms with E-state index in [0.717, 1.165) is 17.2 Å². The molecule has 0 radical (unpaired) electrons. The van der Waals surface area contributed by atoms with E-state index in [0.29, 0.717) is 37.3 Å². The van der Waals surface area contributed by atoms with Crippen LogP contribution in [0.25, 0.3) is 11.1 Å². The predicted octanol–water partition coefficient (Wildman–Crippen LogP) is 3.33. The lowest BCUT2D eigenvalue weighted by Gasteiger charge is -2.31. The molecule has 11 heteroatoms. The first-order chi connectivity index (χ1) is 16.7. The number of carbonyl (C=O) groups excluding carboxylic acids is 2. The summed E-state index contributed by atoms with van der Waals surface area (Å²) in [4.78, 5) is 33.1. The van der Waals surface area contributed by atoms with Crippen LogP contribution in [0.4, 0.5) is 24.9 Å². The average molecular weight is 484 g/mol. The molecule has 4 N–H and O–H groups in total. The molecule has 8 nitrogen and oxygen atoms in total. The molecule has 0 spiro atoms. The van der Waals surface area contributed by atoms with Crippen molar-refractivity contribution in [2.75, 3.05) is 16.8 Å². The van der Waals surface area contributed by atoms with E-state index in [2.05, 4.69) is 20.6 Å². The van der Waals surface area contributed by atoms with E-state index < -0.39 is 23.8 Å². The molecule has 4 rings (SSSR count). The lowest BCUT2D eigenvalue weighted by Crippen LogP contribution is -2.35. The van der Waals surface area contributed by atoms with Crippen LogP contribution in [-0.4, -0.2) is 35.0 Å². The van der Waals surface area contributed by atoms with Crippen LogP contribution in [0.2, 0.25) is 0 Å². The number of amides is 2. The minimum absolute atomic E-state index is 0.00513. The first-order valence-electron chi connectivity index (χ1n) is 10.8. The van der Waals surface area contributed by atoms with Gasteiger partial charge in [-0.15, -0.1) is 0 Å². The van der Waals surface area contributed by atoms with Crippen LogP contribution >= 0.6 is 0 Å². The Balaban J connectivity index is 1.68. The molecule has 1 aromatic heterocycles. The monoisotopic (exact) mass is 484 g/mol. The topological polar surface area (TPSA) is 113 Å². The normalized spacial score (nSPS) is 14.1. The van der Waals surface area contributed by atoms with Gasteiger partial charge >= 0.3 is 6.18 Å². The number of aromatic nitrogens is 2. The molecule has 0 saturated carbocycles. The number of benzene rings is 2. The number of fused-ring (bicyclic) bond motifs is 1. The Labute approximate surface area is 199 Å². The molecule has 0 saturated heterocycles. The van der Waals surface area contributed by atoms with E-state index in [1.807, 2.05) is 11.0 Å². The van der Waals surface area contributed by atoms with Gasteiger partial charge in [0.25, 0.3) is 5.91 Å². The number of anilines is 2. The average Bonchev–Trinajstić information content (AvgIpc) is 2.82. The SMILES string of the molecule is C[C@@H](NC=O)Nc1cc(C(N)=O)nc(N2CCc3c(cccc3-c3ccccc3C(F)(F)F)C2)n1. The number of nitrogens with zero attached hydrogens (tertiary/aromatic N) is 3. The highest BCUT2D eigenvalue weighted by atomic mass is 19.4. The molecule has 3 aromatic rings. The van der Waals surface area contributed by atoms with Crippen molar-refractivity contribution >= 4 is 24.1 Å². The van der Waals surface area contributed by atoms with Crippen LogP contribution < -0.4 is 21.3 Å². The highest BCUT2D eigenvalue weighted by Gasteiger charge is 2.34. The van der Waals surface area contributed by atoms with Crippen molar-refractivity contribution in [1.82, 2.24) is 15.3 Å². The highest BCUT2D eigenvalue weighted by Crippen LogP contribution is 2.40. The highest BCUT2D eigenvalue weighted by molar-refractivity contribution is 5.91. The van der Waals surface area contributed by atoms with Crippen molar-refractivity contribution in [2.45, 2.75) is 32.2 Å². The zero-order chi connectivity index (χ0) is 25.2. The van der Waals surface area contributed by atoms with Gasteiger partial charge in [-0.1, -0.05) is 36.4 Å². The van der Waals surface area contributed by atoms with Crippen LogP contribution in [-0.2, 0) is 23.9 Å². The third-order valence-corrected chi connectivity index (χ3v) is 5.72. The van der Waals surface area contributed by atoms with Gasteiger partial charge in [0.15, 0.2) is 0 Å². The molecule has 2 heterocycles. The Hall–Kier alpha value is -4.15. The largest absolute Gasteiger partial charge is 0.417 e. The Kier molecular flexibility index (Phi) is 6.59. The molecule has 0 unspecified atom stereocenters. The summed E-state index contributed by atoms with van der Waals surface area (Å²) in [7, 11) is 0. The second-order valence-electron chi connectivity index (χ2n) is 8.11. The van der Waals surface area contributed by atoms with E-state index in [1.54, 1.807) is 25.1 Å². The molecule has 1 aliphatic heterocycles. The summed E-state index contributed by atoms with van der Waals surface area (Å²) >= 11 is 0. The van der Waals surface area contributed by atoms with E-state index in [4.69, 9.17) is 5.73 Å². The Morgan fingerprint density at radius 2 is 1.89 bits per heavy atom. The number of nitrogens with one attached hydrogen (secondary N) is 2. The van der Waals surface area contributed by atoms with Gasteiger partial charge in [0.1, 0.15) is 11.5 Å². The second-order valence-corrected chi connectivity index (χ2v) is 8.11. The van der Waals surface area contributed by atoms with Gasteiger partial charge in [0, 0.05) is 19.2 Å². The fraction of sp³-hybridized carbons (Fsp3) is 0.250. The molecule has 1 atom stereocenters. The molecule has 182 valence electrons. The molecular formula is C24H23F3N6O2. The number of halogens is 3. The Bertz CT molecular complexity index is 1260. The molecular weight excluding hydrogens is 461 g/mol. The molecule has 35 heavy (non-hydrogen) atoms. The van der Waals surface area contributed by atoms with Crippen molar-refractivity contribution < 1.29 is 22.8 Å². The summed E-state index contributed by atoms with van der Waals surface area (Å²) in [5.41, 5.74) is 7.10. The number of hydrogen-bond acceptors (Lipinski definition) is 6. The summed E-state index contributed by atoms with van der Waals surface area (Å²) in [6, 6.07) is 12.2. The van der Waals surface area contributed by atoms with Gasteiger partial charge in [-0.3, -0.25) is 9.59 Å². The van der Waals surface area contributed by atoms with Crippen molar-refractivity contribution in [3.05, 3.63) is 70.9 Å². The van der Waals surface area contributed by atoms with E-state index in [1.165, 1.54) is 18.2 Å². The summed E-state index contributed by atoms with van der Waals surface area (Å²) < 4.78 is 40.9. The minimum Gasteiger partial charge on any atom is -0.364 e. The fourth-order valence-corrected chi connectivity index (χ4v) is 4.14. The molecule has 0 fully saturated rings. The van der Waals surface area contributed by atoms with E-state index >= 15 is 0 Å². The maximum Gasteiger partial charge on any atom is 0.417 e. The number of alkyl halides is 3. The third-order valence-electron chi connectivity index (χ3n) is 5.72. The van der Waals surface area contributed by atoms with Crippen molar-refractivity contribution in [3.8, 4) is 11.1 Å². The number of hydrogen-bond donors (Lipinski definition) is 3. The van der Waals surface area contributed by atoms with Crippen LogP contribution in [0.5, 0.6) is 0 Å². The van der Waals surface area contributed by atoms with Crippen LogP contribution in [0.15, 0.2) is 48.5 Å². The fourth-order valence-electron chi connectivity index (χ4n) is 4.14.